The van der Waals surface area contributed by atoms with Gasteiger partial charge in [-0.3, -0.25) is 14.3 Å². The summed E-state index contributed by atoms with van der Waals surface area (Å²) in [5.41, 5.74) is 0.993. The van der Waals surface area contributed by atoms with Crippen molar-refractivity contribution in [3.8, 4) is 0 Å². The Morgan fingerprint density at radius 2 is 1.55 bits per heavy atom. The molecule has 0 atom stereocenters. The van der Waals surface area contributed by atoms with Crippen LogP contribution in [0.1, 0.15) is 10.4 Å². The highest BCUT2D eigenvalue weighted by Crippen LogP contribution is 2.22. The first kappa shape index (κ1) is 22.2. The predicted octanol–water partition coefficient (Wildman–Crippen LogP) is 3.87. The lowest BCUT2D eigenvalue weighted by Crippen LogP contribution is -2.21. The summed E-state index contributed by atoms with van der Waals surface area (Å²) in [6.07, 6.45) is 0. The molecule has 4 aromatic rings. The lowest BCUT2D eigenvalue weighted by atomic mass is 10.1. The summed E-state index contributed by atoms with van der Waals surface area (Å²) in [6.45, 7) is 0. The molecular formula is C23H17F2N3O4S. The van der Waals surface area contributed by atoms with Gasteiger partial charge in [-0.2, -0.15) is 0 Å². The monoisotopic (exact) mass is 469 g/mol. The van der Waals surface area contributed by atoms with Crippen LogP contribution in [0.5, 0.6) is 0 Å². The van der Waals surface area contributed by atoms with Gasteiger partial charge in [0.2, 0.25) is 0 Å². The zero-order valence-electron chi connectivity index (χ0n) is 17.2. The molecule has 1 heterocycles. The number of carbonyl (C=O) groups is 1. The average molecular weight is 469 g/mol. The van der Waals surface area contributed by atoms with Crippen LogP contribution in [0, 0.1) is 11.6 Å². The van der Waals surface area contributed by atoms with E-state index in [1.54, 1.807) is 31.3 Å². The highest BCUT2D eigenvalue weighted by Gasteiger charge is 2.17. The molecule has 0 unspecified atom stereocenters. The van der Waals surface area contributed by atoms with Crippen molar-refractivity contribution < 1.29 is 22.0 Å². The largest absolute Gasteiger partial charge is 0.322 e. The van der Waals surface area contributed by atoms with Gasteiger partial charge in [-0.15, -0.1) is 0 Å². The Bertz CT molecular complexity index is 1550. The number of nitrogens with one attached hydrogen (secondary N) is 2. The Kier molecular flexibility index (Phi) is 5.69. The van der Waals surface area contributed by atoms with E-state index >= 15 is 0 Å². The Hall–Kier alpha value is -4.05. The average Bonchev–Trinajstić information content (AvgIpc) is 2.79. The first-order valence-corrected chi connectivity index (χ1v) is 11.1. The number of sulfonamides is 1. The summed E-state index contributed by atoms with van der Waals surface area (Å²) in [4.78, 5) is 24.6. The van der Waals surface area contributed by atoms with Gasteiger partial charge in [0.05, 0.1) is 16.0 Å². The van der Waals surface area contributed by atoms with Gasteiger partial charge in [-0.1, -0.05) is 18.2 Å². The summed E-state index contributed by atoms with van der Waals surface area (Å²) in [7, 11) is -2.53. The number of pyridine rings is 1. The number of hydrogen-bond donors (Lipinski definition) is 2. The van der Waals surface area contributed by atoms with Crippen LogP contribution in [0.25, 0.3) is 10.9 Å². The molecule has 4 rings (SSSR count). The van der Waals surface area contributed by atoms with E-state index in [1.807, 2.05) is 0 Å². The van der Waals surface area contributed by atoms with Crippen LogP contribution in [0.3, 0.4) is 0 Å². The van der Waals surface area contributed by atoms with Gasteiger partial charge in [-0.25, -0.2) is 17.2 Å². The van der Waals surface area contributed by atoms with Crippen molar-refractivity contribution in [2.24, 2.45) is 7.05 Å². The van der Waals surface area contributed by atoms with Gasteiger partial charge in [0.1, 0.15) is 0 Å². The molecule has 0 saturated carbocycles. The molecule has 0 fully saturated rings. The molecule has 0 bridgehead atoms. The number of amides is 1. The second-order valence-corrected chi connectivity index (χ2v) is 8.87. The fraction of sp³-hybridized carbons (Fsp3) is 0.0435. The normalized spacial score (nSPS) is 11.4. The van der Waals surface area contributed by atoms with E-state index in [0.29, 0.717) is 22.7 Å². The fourth-order valence-corrected chi connectivity index (χ4v) is 4.35. The molecule has 33 heavy (non-hydrogen) atoms. The van der Waals surface area contributed by atoms with Crippen molar-refractivity contribution in [1.29, 1.82) is 0 Å². The van der Waals surface area contributed by atoms with Crippen LogP contribution in [-0.4, -0.2) is 18.9 Å². The van der Waals surface area contributed by atoms with Gasteiger partial charge in [0.25, 0.3) is 21.5 Å². The number of fused-ring (bicyclic) bond motifs is 1. The van der Waals surface area contributed by atoms with E-state index < -0.39 is 32.5 Å². The third-order valence-corrected chi connectivity index (χ3v) is 6.37. The Labute approximate surface area is 187 Å². The summed E-state index contributed by atoms with van der Waals surface area (Å²) in [5, 5.41) is 3.28. The number of aryl methyl sites for hydroxylation is 1. The molecular weight excluding hydrogens is 452 g/mol. The number of rotatable bonds is 5. The van der Waals surface area contributed by atoms with Crippen molar-refractivity contribution in [2.45, 2.75) is 4.90 Å². The maximum atomic E-state index is 13.4. The van der Waals surface area contributed by atoms with E-state index in [0.717, 1.165) is 12.1 Å². The standard InChI is InChI=1S/C23H17F2N3O4S/c1-28-21-5-3-2-4-17(21)18(13-22(28)29)23(30)26-14-6-8-15(9-7-14)27-33(31,32)16-10-11-19(24)20(25)12-16/h2-13,27H,1H3,(H,26,30). The first-order chi connectivity index (χ1) is 15.7. The molecule has 168 valence electrons. The molecule has 1 amide bonds. The quantitative estimate of drug-likeness (QED) is 0.464. The molecule has 0 aliphatic carbocycles. The molecule has 0 aliphatic heterocycles. The maximum absolute atomic E-state index is 13.4. The SMILES string of the molecule is Cn1c(=O)cc(C(=O)Nc2ccc(NS(=O)(=O)c3ccc(F)c(F)c3)cc2)c2ccccc21. The topological polar surface area (TPSA) is 97.3 Å². The summed E-state index contributed by atoms with van der Waals surface area (Å²) in [5.74, 6) is -2.93. The predicted molar refractivity (Wildman–Crippen MR) is 121 cm³/mol. The van der Waals surface area contributed by atoms with Gasteiger partial charge < -0.3 is 9.88 Å². The van der Waals surface area contributed by atoms with Gasteiger partial charge in [0.15, 0.2) is 11.6 Å². The Morgan fingerprint density at radius 3 is 2.24 bits per heavy atom. The smallest absolute Gasteiger partial charge is 0.261 e. The minimum Gasteiger partial charge on any atom is -0.322 e. The highest BCUT2D eigenvalue weighted by atomic mass is 32.2. The Balaban J connectivity index is 1.54. The third-order valence-electron chi connectivity index (χ3n) is 4.99. The lowest BCUT2D eigenvalue weighted by Gasteiger charge is -2.12. The molecule has 1 aromatic heterocycles. The molecule has 0 saturated heterocycles. The van der Waals surface area contributed by atoms with Gasteiger partial charge in [0, 0.05) is 29.9 Å². The first-order valence-electron chi connectivity index (χ1n) is 9.64. The number of anilines is 2. The molecule has 0 radical (unpaired) electrons. The van der Waals surface area contributed by atoms with Crippen LogP contribution in [0.4, 0.5) is 20.2 Å². The second kappa shape index (κ2) is 8.47. The zero-order chi connectivity index (χ0) is 23.8. The number of aromatic nitrogens is 1. The highest BCUT2D eigenvalue weighted by molar-refractivity contribution is 7.92. The second-order valence-electron chi connectivity index (χ2n) is 7.19. The molecule has 0 aliphatic rings. The summed E-state index contributed by atoms with van der Waals surface area (Å²) in [6, 6.07) is 16.2. The molecule has 7 nitrogen and oxygen atoms in total. The molecule has 10 heteroatoms. The van der Waals surface area contributed by atoms with E-state index in [-0.39, 0.29) is 16.8 Å². The number of halogens is 2. The fourth-order valence-electron chi connectivity index (χ4n) is 3.28. The van der Waals surface area contributed by atoms with E-state index in [9.17, 15) is 26.8 Å². The van der Waals surface area contributed by atoms with Crippen molar-refractivity contribution in [3.05, 3.63) is 100 Å². The van der Waals surface area contributed by atoms with Crippen LogP contribution in [-0.2, 0) is 17.1 Å². The van der Waals surface area contributed by atoms with E-state index in [1.165, 1.54) is 34.9 Å². The number of nitrogens with zero attached hydrogens (tertiary/aromatic N) is 1. The number of carbonyl (C=O) groups excluding carboxylic acids is 1. The molecule has 3 aromatic carbocycles. The number of hydrogen-bond acceptors (Lipinski definition) is 4. The van der Waals surface area contributed by atoms with Crippen LogP contribution in [0.2, 0.25) is 0 Å². The number of benzene rings is 3. The molecule has 2 N–H and O–H groups in total. The van der Waals surface area contributed by atoms with Crippen LogP contribution < -0.4 is 15.6 Å². The van der Waals surface area contributed by atoms with Crippen molar-refractivity contribution in [2.75, 3.05) is 10.0 Å². The lowest BCUT2D eigenvalue weighted by molar-refractivity contribution is 0.102. The maximum Gasteiger partial charge on any atom is 0.261 e. The number of para-hydroxylation sites is 1. The van der Waals surface area contributed by atoms with Crippen LogP contribution >= 0.6 is 0 Å². The summed E-state index contributed by atoms with van der Waals surface area (Å²) >= 11 is 0. The van der Waals surface area contributed by atoms with Crippen molar-refractivity contribution in [1.82, 2.24) is 4.57 Å². The van der Waals surface area contributed by atoms with Crippen molar-refractivity contribution in [3.63, 3.8) is 0 Å². The van der Waals surface area contributed by atoms with Gasteiger partial charge in [-0.05, 0) is 48.5 Å². The van der Waals surface area contributed by atoms with E-state index in [4.69, 9.17) is 0 Å². The van der Waals surface area contributed by atoms with Gasteiger partial charge >= 0.3 is 0 Å². The Morgan fingerprint density at radius 1 is 0.879 bits per heavy atom. The third kappa shape index (κ3) is 4.46. The molecule has 0 spiro atoms. The minimum atomic E-state index is -4.15. The minimum absolute atomic E-state index is 0.150. The zero-order valence-corrected chi connectivity index (χ0v) is 18.0. The van der Waals surface area contributed by atoms with E-state index in [2.05, 4.69) is 10.0 Å². The van der Waals surface area contributed by atoms with Crippen molar-refractivity contribution >= 4 is 38.2 Å². The summed E-state index contributed by atoms with van der Waals surface area (Å²) < 4.78 is 54.9. The van der Waals surface area contributed by atoms with Crippen LogP contribution in [0.15, 0.2) is 82.5 Å².